The Morgan fingerprint density at radius 1 is 0.678 bits per heavy atom. The molecule has 22 nitrogen and oxygen atoms in total. The van der Waals surface area contributed by atoms with Gasteiger partial charge < -0.3 is 37.1 Å². The number of methoxy groups -OCH3 is 1. The molecule has 1 aliphatic carbocycles. The minimum atomic E-state index is -5.26. The van der Waals surface area contributed by atoms with Crippen molar-refractivity contribution in [2.75, 3.05) is 48.0 Å². The molecule has 1 heterocycles. The second-order valence-electron chi connectivity index (χ2n) is 12.2. The lowest BCUT2D eigenvalue weighted by Gasteiger charge is -2.25. The summed E-state index contributed by atoms with van der Waals surface area (Å²) in [6.07, 6.45) is 0. The Hall–Kier alpha value is -6.45. The Kier molecular flexibility index (Phi) is 11.7. The Morgan fingerprint density at radius 3 is 1.81 bits per heavy atom. The van der Waals surface area contributed by atoms with Gasteiger partial charge in [-0.15, -0.1) is 0 Å². The van der Waals surface area contributed by atoms with Crippen molar-refractivity contribution in [1.29, 1.82) is 0 Å². The number of fused-ring (bicyclic) bond motifs is 2. The average molecular weight is 870 g/mol. The molecule has 0 saturated heterocycles. The number of aromatic nitrogens is 3. The summed E-state index contributed by atoms with van der Waals surface area (Å²) in [7, 11) is -13.9. The van der Waals surface area contributed by atoms with Crippen LogP contribution in [0.3, 0.4) is 0 Å². The van der Waals surface area contributed by atoms with Crippen LogP contribution in [-0.2, 0) is 35.1 Å². The van der Waals surface area contributed by atoms with E-state index in [1.54, 1.807) is 0 Å². The van der Waals surface area contributed by atoms with E-state index in [-0.39, 0.29) is 53.2 Å². The fraction of sp³-hybridized carbons (Fsp3) is 0.118. The van der Waals surface area contributed by atoms with E-state index in [4.69, 9.17) is 10.5 Å². The summed E-state index contributed by atoms with van der Waals surface area (Å²) < 4.78 is 110. The number of anilines is 7. The van der Waals surface area contributed by atoms with E-state index in [0.29, 0.717) is 0 Å². The third-order valence-electron chi connectivity index (χ3n) is 8.30. The molecule has 5 aromatic rings. The molecule has 4 aromatic carbocycles. The summed E-state index contributed by atoms with van der Waals surface area (Å²) in [6.45, 7) is -0.0476. The molecular weight excluding hydrogens is 839 g/mol. The van der Waals surface area contributed by atoms with Crippen molar-refractivity contribution < 1.29 is 58.0 Å². The SMILES string of the molecule is COc1nc(Nc2ccccc2S(=O)(=O)O)nc(Nc2ccc(Nc3cc(S(=O)(=O)O)c(NC(=O)CNCCN)c4c3C(=O)c3ccccc3C4=O)cc2S(=O)(=O)O)n1. The molecule has 0 radical (unpaired) electrons. The lowest BCUT2D eigenvalue weighted by Crippen LogP contribution is -2.33. The van der Waals surface area contributed by atoms with Crippen LogP contribution in [0.25, 0.3) is 0 Å². The molecule has 0 bridgehead atoms. The van der Waals surface area contributed by atoms with Crippen molar-refractivity contribution in [2.45, 2.75) is 14.7 Å². The van der Waals surface area contributed by atoms with Crippen LogP contribution in [0, 0.1) is 0 Å². The Bertz CT molecular complexity index is 2890. The molecule has 6 rings (SSSR count). The van der Waals surface area contributed by atoms with Gasteiger partial charge in [0.1, 0.15) is 14.7 Å². The second-order valence-corrected chi connectivity index (χ2v) is 16.4. The van der Waals surface area contributed by atoms with Gasteiger partial charge in [0.2, 0.25) is 17.8 Å². The number of hydrogen-bond acceptors (Lipinski definition) is 18. The minimum Gasteiger partial charge on any atom is -0.467 e. The number of ether oxygens (including phenoxy) is 1. The van der Waals surface area contributed by atoms with Crippen LogP contribution < -0.4 is 37.1 Å². The third-order valence-corrected chi connectivity index (χ3v) is 11.0. The van der Waals surface area contributed by atoms with E-state index in [1.807, 2.05) is 0 Å². The maximum absolute atomic E-state index is 14.1. The van der Waals surface area contributed by atoms with Gasteiger partial charge in [0.05, 0.1) is 47.5 Å². The smallest absolute Gasteiger partial charge is 0.322 e. The van der Waals surface area contributed by atoms with Gasteiger partial charge >= 0.3 is 6.01 Å². The summed E-state index contributed by atoms with van der Waals surface area (Å²) >= 11 is 0. The minimum absolute atomic E-state index is 0.0872. The first kappa shape index (κ1) is 42.2. The molecule has 0 fully saturated rings. The Morgan fingerprint density at radius 2 is 1.24 bits per heavy atom. The highest BCUT2D eigenvalue weighted by molar-refractivity contribution is 7.86. The van der Waals surface area contributed by atoms with E-state index in [0.717, 1.165) is 24.3 Å². The first-order chi connectivity index (χ1) is 27.8. The number of para-hydroxylation sites is 1. The van der Waals surface area contributed by atoms with Crippen LogP contribution >= 0.6 is 0 Å². The lowest BCUT2D eigenvalue weighted by molar-refractivity contribution is -0.115. The number of carbonyl (C=O) groups is 3. The molecule has 0 aliphatic heterocycles. The molecule has 10 N–H and O–H groups in total. The maximum atomic E-state index is 14.1. The Balaban J connectivity index is 1.44. The van der Waals surface area contributed by atoms with Crippen LogP contribution in [0.1, 0.15) is 31.8 Å². The normalized spacial score (nSPS) is 12.6. The first-order valence-electron chi connectivity index (χ1n) is 16.7. The van der Waals surface area contributed by atoms with E-state index >= 15 is 0 Å². The van der Waals surface area contributed by atoms with Crippen LogP contribution in [0.4, 0.5) is 40.3 Å². The van der Waals surface area contributed by atoms with Gasteiger partial charge in [-0.1, -0.05) is 36.4 Å². The van der Waals surface area contributed by atoms with Crippen molar-refractivity contribution >= 4 is 88.2 Å². The van der Waals surface area contributed by atoms with E-state index in [1.165, 1.54) is 55.6 Å². The molecule has 308 valence electrons. The fourth-order valence-corrected chi connectivity index (χ4v) is 7.85. The number of rotatable bonds is 15. The monoisotopic (exact) mass is 869 g/mol. The fourth-order valence-electron chi connectivity index (χ4n) is 5.85. The molecule has 25 heteroatoms. The van der Waals surface area contributed by atoms with Gasteiger partial charge in [-0.3, -0.25) is 28.0 Å². The molecule has 1 aliphatic rings. The lowest BCUT2D eigenvalue weighted by atomic mass is 9.82. The van der Waals surface area contributed by atoms with E-state index < -0.39 is 97.5 Å². The topological polar surface area (TPSA) is 348 Å². The molecule has 1 amide bonds. The van der Waals surface area contributed by atoms with Crippen molar-refractivity contribution in [1.82, 2.24) is 20.3 Å². The van der Waals surface area contributed by atoms with Crippen molar-refractivity contribution in [3.05, 3.63) is 95.1 Å². The number of benzene rings is 4. The second kappa shape index (κ2) is 16.4. The predicted octanol–water partition coefficient (Wildman–Crippen LogP) is 2.11. The Labute approximate surface area is 334 Å². The number of amides is 1. The standard InChI is InChI=1S/C34H31N9O13S3/c1-56-34-42-32(38-20-8-4-5-9-23(20)57(47,48)49)41-33(43-34)39-21-11-10-17(14-24(21)58(50,51)52)37-22-15-25(59(53,54)55)29(40-26(44)16-36-13-12-35)28-27(22)30(45)18-6-2-3-7-19(18)31(28)46/h2-11,14-15,36-37H,12-13,16,35H2,1H3,(H,40,44)(H,47,48,49)(H,50,51,52)(H,53,54,55)(H2,38,39,41,42,43). The molecule has 0 saturated carbocycles. The van der Waals surface area contributed by atoms with Crippen LogP contribution in [0.15, 0.2) is 87.5 Å². The van der Waals surface area contributed by atoms with Crippen LogP contribution in [0.2, 0.25) is 0 Å². The van der Waals surface area contributed by atoms with Gasteiger partial charge in [0, 0.05) is 29.9 Å². The summed E-state index contributed by atoms with van der Waals surface area (Å²) in [5, 5.41) is 12.9. The number of nitrogens with zero attached hydrogens (tertiary/aromatic N) is 3. The summed E-state index contributed by atoms with van der Waals surface area (Å²) in [6, 6.07) is 14.4. The van der Waals surface area contributed by atoms with Crippen molar-refractivity contribution in [3.63, 3.8) is 0 Å². The first-order valence-corrected chi connectivity index (χ1v) is 21.0. The van der Waals surface area contributed by atoms with E-state index in [2.05, 4.69) is 41.5 Å². The highest BCUT2D eigenvalue weighted by atomic mass is 32.2. The zero-order valence-corrected chi connectivity index (χ0v) is 32.6. The largest absolute Gasteiger partial charge is 0.467 e. The zero-order valence-electron chi connectivity index (χ0n) is 30.1. The number of ketones is 2. The average Bonchev–Trinajstić information content (AvgIpc) is 3.16. The number of carbonyl (C=O) groups excluding carboxylic acids is 3. The van der Waals surface area contributed by atoms with Crippen molar-refractivity contribution in [2.24, 2.45) is 5.73 Å². The van der Waals surface area contributed by atoms with Crippen LogP contribution in [0.5, 0.6) is 6.01 Å². The highest BCUT2D eigenvalue weighted by Gasteiger charge is 2.38. The molecular formula is C34H31N9O13S3. The quantitative estimate of drug-likeness (QED) is 0.0527. The summed E-state index contributed by atoms with van der Waals surface area (Å²) in [5.41, 5.74) is 2.32. The van der Waals surface area contributed by atoms with Gasteiger partial charge in [-0.25, -0.2) is 0 Å². The summed E-state index contributed by atoms with van der Waals surface area (Å²) in [4.78, 5) is 50.7. The molecule has 0 spiro atoms. The van der Waals surface area contributed by atoms with Gasteiger partial charge in [-0.05, 0) is 36.4 Å². The molecule has 0 unspecified atom stereocenters. The zero-order chi connectivity index (χ0) is 42.9. The van der Waals surface area contributed by atoms with Gasteiger partial charge in [-0.2, -0.15) is 40.2 Å². The van der Waals surface area contributed by atoms with Gasteiger partial charge in [0.25, 0.3) is 30.4 Å². The maximum Gasteiger partial charge on any atom is 0.322 e. The van der Waals surface area contributed by atoms with E-state index in [9.17, 15) is 53.3 Å². The van der Waals surface area contributed by atoms with Crippen LogP contribution in [-0.4, -0.2) is 98.1 Å². The predicted molar refractivity (Wildman–Crippen MR) is 209 cm³/mol. The third kappa shape index (κ3) is 9.16. The number of nitrogens with one attached hydrogen (secondary N) is 5. The summed E-state index contributed by atoms with van der Waals surface area (Å²) in [5.74, 6) is -3.30. The number of hydrogen-bond donors (Lipinski definition) is 9. The highest BCUT2D eigenvalue weighted by Crippen LogP contribution is 2.42. The van der Waals surface area contributed by atoms with Gasteiger partial charge in [0.15, 0.2) is 11.6 Å². The molecule has 0 atom stereocenters. The molecule has 1 aromatic heterocycles. The molecule has 59 heavy (non-hydrogen) atoms. The van der Waals surface area contributed by atoms with Crippen molar-refractivity contribution in [3.8, 4) is 6.01 Å². The number of nitrogens with two attached hydrogens (primary N) is 1.